The molecule has 1 aromatic rings. The Kier molecular flexibility index (Phi) is 2.22. The van der Waals surface area contributed by atoms with Gasteiger partial charge in [-0.25, -0.2) is 9.97 Å². The second-order valence-electron chi connectivity index (χ2n) is 2.79. The lowest BCUT2D eigenvalue weighted by molar-refractivity contribution is 0.881. The molecule has 1 rings (SSSR count). The third kappa shape index (κ3) is 1.56. The molecule has 0 aromatic carbocycles. The lowest BCUT2D eigenvalue weighted by Crippen LogP contribution is -2.00. The molecule has 0 unspecified atom stereocenters. The van der Waals surface area contributed by atoms with Crippen molar-refractivity contribution < 1.29 is 0 Å². The van der Waals surface area contributed by atoms with Crippen LogP contribution in [0.15, 0.2) is 0 Å². The summed E-state index contributed by atoms with van der Waals surface area (Å²) in [5, 5.41) is 0. The predicted octanol–water partition coefficient (Wildman–Crippen LogP) is 1.96. The average Bonchev–Trinajstić information content (AvgIpc) is 1.99. The summed E-state index contributed by atoms with van der Waals surface area (Å²) in [5.74, 6) is 0.950. The van der Waals surface area contributed by atoms with Crippen LogP contribution in [-0.2, 0) is 6.42 Å². The molecule has 1 heterocycles. The zero-order chi connectivity index (χ0) is 8.43. The molecule has 0 fully saturated rings. The quantitative estimate of drug-likeness (QED) is 0.611. The molecule has 0 saturated heterocycles. The van der Waals surface area contributed by atoms with Crippen molar-refractivity contribution in [1.29, 1.82) is 0 Å². The minimum absolute atomic E-state index is 0.919. The van der Waals surface area contributed by atoms with E-state index in [9.17, 15) is 0 Å². The molecule has 0 amide bonds. The van der Waals surface area contributed by atoms with Crippen molar-refractivity contribution in [1.82, 2.24) is 9.97 Å². The standard InChI is InChI=1S/C9H14N2/c1-5-9-10-7(3)6(2)8(4)11-9/h5H2,1-4H3. The first-order chi connectivity index (χ1) is 5.15. The Morgan fingerprint density at radius 3 is 1.82 bits per heavy atom. The van der Waals surface area contributed by atoms with Crippen molar-refractivity contribution in [3.05, 3.63) is 22.8 Å². The molecule has 2 heteroatoms. The first kappa shape index (κ1) is 8.18. The molecule has 11 heavy (non-hydrogen) atoms. The lowest BCUT2D eigenvalue weighted by Gasteiger charge is -2.04. The average molecular weight is 150 g/mol. The monoisotopic (exact) mass is 150 g/mol. The van der Waals surface area contributed by atoms with Gasteiger partial charge in [-0.3, -0.25) is 0 Å². The predicted molar refractivity (Wildman–Crippen MR) is 45.6 cm³/mol. The Balaban J connectivity index is 3.21. The van der Waals surface area contributed by atoms with E-state index in [1.807, 2.05) is 13.8 Å². The smallest absolute Gasteiger partial charge is 0.128 e. The fourth-order valence-electron chi connectivity index (χ4n) is 1.000. The van der Waals surface area contributed by atoms with E-state index in [1.54, 1.807) is 0 Å². The topological polar surface area (TPSA) is 25.8 Å². The Labute approximate surface area is 67.7 Å². The Morgan fingerprint density at radius 1 is 1.00 bits per heavy atom. The highest BCUT2D eigenvalue weighted by Crippen LogP contribution is 2.07. The maximum absolute atomic E-state index is 4.34. The second-order valence-corrected chi connectivity index (χ2v) is 2.79. The molecule has 0 aliphatic heterocycles. The van der Waals surface area contributed by atoms with E-state index in [4.69, 9.17) is 0 Å². The zero-order valence-electron chi connectivity index (χ0n) is 7.60. The Morgan fingerprint density at radius 2 is 1.45 bits per heavy atom. The van der Waals surface area contributed by atoms with Crippen LogP contribution in [0.5, 0.6) is 0 Å². The van der Waals surface area contributed by atoms with Gasteiger partial charge >= 0.3 is 0 Å². The summed E-state index contributed by atoms with van der Waals surface area (Å²) in [6, 6.07) is 0. The van der Waals surface area contributed by atoms with Crippen LogP contribution in [-0.4, -0.2) is 9.97 Å². The number of aryl methyl sites for hydroxylation is 3. The molecule has 0 spiro atoms. The van der Waals surface area contributed by atoms with E-state index in [0.717, 1.165) is 23.6 Å². The Hall–Kier alpha value is -0.920. The summed E-state index contributed by atoms with van der Waals surface area (Å²) in [4.78, 5) is 8.68. The van der Waals surface area contributed by atoms with E-state index in [-0.39, 0.29) is 0 Å². The van der Waals surface area contributed by atoms with E-state index >= 15 is 0 Å². The molecular weight excluding hydrogens is 136 g/mol. The van der Waals surface area contributed by atoms with Gasteiger partial charge in [0.05, 0.1) is 0 Å². The largest absolute Gasteiger partial charge is 0.238 e. The van der Waals surface area contributed by atoms with Crippen LogP contribution in [0.1, 0.15) is 29.7 Å². The maximum atomic E-state index is 4.34. The maximum Gasteiger partial charge on any atom is 0.128 e. The van der Waals surface area contributed by atoms with Crippen molar-refractivity contribution in [2.24, 2.45) is 0 Å². The van der Waals surface area contributed by atoms with Crippen molar-refractivity contribution in [2.45, 2.75) is 34.1 Å². The first-order valence-electron chi connectivity index (χ1n) is 3.96. The highest BCUT2D eigenvalue weighted by atomic mass is 14.9. The van der Waals surface area contributed by atoms with Crippen LogP contribution >= 0.6 is 0 Å². The summed E-state index contributed by atoms with van der Waals surface area (Å²) < 4.78 is 0. The third-order valence-electron chi connectivity index (χ3n) is 2.00. The number of rotatable bonds is 1. The highest BCUT2D eigenvalue weighted by molar-refractivity contribution is 5.21. The van der Waals surface area contributed by atoms with Crippen molar-refractivity contribution in [2.75, 3.05) is 0 Å². The van der Waals surface area contributed by atoms with Gasteiger partial charge in [0.2, 0.25) is 0 Å². The van der Waals surface area contributed by atoms with Gasteiger partial charge in [0.25, 0.3) is 0 Å². The third-order valence-corrected chi connectivity index (χ3v) is 2.00. The molecular formula is C9H14N2. The van der Waals surface area contributed by atoms with Crippen LogP contribution in [0.3, 0.4) is 0 Å². The first-order valence-corrected chi connectivity index (χ1v) is 3.96. The van der Waals surface area contributed by atoms with Crippen LogP contribution in [0.4, 0.5) is 0 Å². The molecule has 0 N–H and O–H groups in total. The van der Waals surface area contributed by atoms with Gasteiger partial charge in [0.1, 0.15) is 5.82 Å². The Bertz CT molecular complexity index is 243. The van der Waals surface area contributed by atoms with Crippen molar-refractivity contribution >= 4 is 0 Å². The number of hydrogen-bond donors (Lipinski definition) is 0. The zero-order valence-corrected chi connectivity index (χ0v) is 7.60. The summed E-state index contributed by atoms with van der Waals surface area (Å²) in [5.41, 5.74) is 3.42. The minimum atomic E-state index is 0.919. The molecule has 0 aliphatic rings. The molecule has 2 nitrogen and oxygen atoms in total. The van der Waals surface area contributed by atoms with Crippen LogP contribution < -0.4 is 0 Å². The fourth-order valence-corrected chi connectivity index (χ4v) is 1.000. The fraction of sp³-hybridized carbons (Fsp3) is 0.556. The van der Waals surface area contributed by atoms with Gasteiger partial charge in [-0.05, 0) is 26.3 Å². The molecule has 0 bridgehead atoms. The van der Waals surface area contributed by atoms with E-state index in [1.165, 1.54) is 5.56 Å². The van der Waals surface area contributed by atoms with E-state index < -0.39 is 0 Å². The van der Waals surface area contributed by atoms with Crippen molar-refractivity contribution in [3.63, 3.8) is 0 Å². The van der Waals surface area contributed by atoms with Gasteiger partial charge in [-0.1, -0.05) is 6.92 Å². The molecule has 0 aliphatic carbocycles. The normalized spacial score (nSPS) is 10.2. The summed E-state index contributed by atoms with van der Waals surface area (Å²) >= 11 is 0. The van der Waals surface area contributed by atoms with Crippen LogP contribution in [0, 0.1) is 20.8 Å². The SMILES string of the molecule is CCc1nc(C)c(C)c(C)n1. The summed E-state index contributed by atoms with van der Waals surface area (Å²) in [6.45, 7) is 8.19. The second kappa shape index (κ2) is 2.99. The molecule has 0 radical (unpaired) electrons. The van der Waals surface area contributed by atoms with Gasteiger partial charge in [0.15, 0.2) is 0 Å². The molecule has 0 atom stereocenters. The number of hydrogen-bond acceptors (Lipinski definition) is 2. The van der Waals surface area contributed by atoms with Gasteiger partial charge in [0, 0.05) is 17.8 Å². The summed E-state index contributed by atoms with van der Waals surface area (Å²) in [7, 11) is 0. The molecule has 0 saturated carbocycles. The number of nitrogens with zero attached hydrogens (tertiary/aromatic N) is 2. The lowest BCUT2D eigenvalue weighted by atomic mass is 10.2. The highest BCUT2D eigenvalue weighted by Gasteiger charge is 2.01. The number of aromatic nitrogens is 2. The van der Waals surface area contributed by atoms with Crippen molar-refractivity contribution in [3.8, 4) is 0 Å². The molecule has 1 aromatic heterocycles. The van der Waals surface area contributed by atoms with Gasteiger partial charge < -0.3 is 0 Å². The van der Waals surface area contributed by atoms with Crippen LogP contribution in [0.2, 0.25) is 0 Å². The van der Waals surface area contributed by atoms with Gasteiger partial charge in [-0.15, -0.1) is 0 Å². The minimum Gasteiger partial charge on any atom is -0.238 e. The summed E-state index contributed by atoms with van der Waals surface area (Å²) in [6.07, 6.45) is 0.919. The van der Waals surface area contributed by atoms with E-state index in [0.29, 0.717) is 0 Å². The molecule has 60 valence electrons. The van der Waals surface area contributed by atoms with Crippen LogP contribution in [0.25, 0.3) is 0 Å². The van der Waals surface area contributed by atoms with Gasteiger partial charge in [-0.2, -0.15) is 0 Å². The van der Waals surface area contributed by atoms with E-state index in [2.05, 4.69) is 23.8 Å².